The maximum Gasteiger partial charge on any atom is 0.269 e. The molecule has 0 saturated heterocycles. The monoisotopic (exact) mass is 241 g/mol. The molecular formula is C11H19N3O3. The van der Waals surface area contributed by atoms with E-state index in [9.17, 15) is 4.79 Å². The minimum absolute atomic E-state index is 0.0284. The van der Waals surface area contributed by atoms with Crippen LogP contribution in [-0.2, 0) is 11.8 Å². The van der Waals surface area contributed by atoms with Crippen LogP contribution >= 0.6 is 0 Å². The summed E-state index contributed by atoms with van der Waals surface area (Å²) >= 11 is 0. The number of hydrogen-bond acceptors (Lipinski definition) is 4. The largest absolute Gasteiger partial charge is 0.394 e. The first-order valence-corrected chi connectivity index (χ1v) is 5.62. The Morgan fingerprint density at radius 3 is 2.94 bits per heavy atom. The zero-order valence-electron chi connectivity index (χ0n) is 10.3. The highest BCUT2D eigenvalue weighted by molar-refractivity contribution is 5.92. The summed E-state index contributed by atoms with van der Waals surface area (Å²) in [6, 6.07) is 1.75. The Kier molecular flexibility index (Phi) is 5.65. The van der Waals surface area contributed by atoms with Gasteiger partial charge in [0.05, 0.1) is 18.9 Å². The summed E-state index contributed by atoms with van der Waals surface area (Å²) in [6.45, 7) is 3.30. The van der Waals surface area contributed by atoms with E-state index in [1.54, 1.807) is 17.8 Å². The first-order valence-electron chi connectivity index (χ1n) is 5.62. The molecule has 0 atom stereocenters. The van der Waals surface area contributed by atoms with E-state index in [-0.39, 0.29) is 12.5 Å². The van der Waals surface area contributed by atoms with Crippen LogP contribution in [0.1, 0.15) is 22.6 Å². The average molecular weight is 241 g/mol. The number of aliphatic hydroxyl groups excluding tert-OH is 1. The van der Waals surface area contributed by atoms with Gasteiger partial charge < -0.3 is 15.2 Å². The Morgan fingerprint density at radius 1 is 1.59 bits per heavy atom. The molecule has 0 fully saturated rings. The molecule has 0 radical (unpaired) electrons. The van der Waals surface area contributed by atoms with Gasteiger partial charge in [0.15, 0.2) is 0 Å². The van der Waals surface area contributed by atoms with E-state index in [4.69, 9.17) is 9.84 Å². The van der Waals surface area contributed by atoms with Crippen LogP contribution in [0.15, 0.2) is 6.07 Å². The van der Waals surface area contributed by atoms with Crippen LogP contribution < -0.4 is 5.32 Å². The fourth-order valence-corrected chi connectivity index (χ4v) is 1.46. The molecule has 1 aromatic rings. The van der Waals surface area contributed by atoms with E-state index in [2.05, 4.69) is 10.4 Å². The van der Waals surface area contributed by atoms with E-state index in [1.807, 2.05) is 6.92 Å². The van der Waals surface area contributed by atoms with Gasteiger partial charge in [-0.05, 0) is 19.4 Å². The number of nitrogens with one attached hydrogen (secondary N) is 1. The third-order valence-electron chi connectivity index (χ3n) is 2.22. The van der Waals surface area contributed by atoms with Crippen LogP contribution in [0.25, 0.3) is 0 Å². The SMILES string of the molecule is Cc1cc(C(=O)NCCCOCCO)n(C)n1. The van der Waals surface area contributed by atoms with Crippen LogP contribution in [-0.4, -0.2) is 47.2 Å². The van der Waals surface area contributed by atoms with Crippen molar-refractivity contribution in [3.05, 3.63) is 17.5 Å². The number of aryl methyl sites for hydroxylation is 2. The molecule has 0 aromatic carbocycles. The van der Waals surface area contributed by atoms with Gasteiger partial charge in [-0.3, -0.25) is 9.48 Å². The standard InChI is InChI=1S/C11H19N3O3/c1-9-8-10(14(2)13-9)11(16)12-4-3-6-17-7-5-15/h8,15H,3-7H2,1-2H3,(H,12,16). The molecule has 1 amide bonds. The summed E-state index contributed by atoms with van der Waals surface area (Å²) in [4.78, 5) is 11.7. The fraction of sp³-hybridized carbons (Fsp3) is 0.636. The van der Waals surface area contributed by atoms with Crippen molar-refractivity contribution in [3.8, 4) is 0 Å². The first kappa shape index (κ1) is 13.7. The van der Waals surface area contributed by atoms with E-state index < -0.39 is 0 Å². The summed E-state index contributed by atoms with van der Waals surface area (Å²) in [6.07, 6.45) is 0.725. The van der Waals surface area contributed by atoms with Crippen molar-refractivity contribution in [2.75, 3.05) is 26.4 Å². The molecule has 0 unspecified atom stereocenters. The lowest BCUT2D eigenvalue weighted by Gasteiger charge is -2.05. The van der Waals surface area contributed by atoms with E-state index in [0.29, 0.717) is 25.5 Å². The fourth-order valence-electron chi connectivity index (χ4n) is 1.46. The Hall–Kier alpha value is -1.40. The lowest BCUT2D eigenvalue weighted by molar-refractivity contribution is 0.0864. The summed E-state index contributed by atoms with van der Waals surface area (Å²) in [5, 5.41) is 15.4. The van der Waals surface area contributed by atoms with Gasteiger partial charge in [0, 0.05) is 20.2 Å². The van der Waals surface area contributed by atoms with Crippen molar-refractivity contribution in [1.82, 2.24) is 15.1 Å². The molecular weight excluding hydrogens is 222 g/mol. The molecule has 0 aliphatic heterocycles. The molecule has 0 bridgehead atoms. The highest BCUT2D eigenvalue weighted by atomic mass is 16.5. The van der Waals surface area contributed by atoms with E-state index >= 15 is 0 Å². The number of hydrogen-bond donors (Lipinski definition) is 2. The van der Waals surface area contributed by atoms with Crippen LogP contribution in [0.5, 0.6) is 0 Å². The lowest BCUT2D eigenvalue weighted by atomic mass is 10.3. The quantitative estimate of drug-likeness (QED) is 0.651. The van der Waals surface area contributed by atoms with Crippen LogP contribution in [0.2, 0.25) is 0 Å². The van der Waals surface area contributed by atoms with Crippen molar-refractivity contribution in [2.45, 2.75) is 13.3 Å². The van der Waals surface area contributed by atoms with Gasteiger partial charge in [0.2, 0.25) is 0 Å². The van der Waals surface area contributed by atoms with Crippen LogP contribution in [0.3, 0.4) is 0 Å². The topological polar surface area (TPSA) is 76.4 Å². The molecule has 2 N–H and O–H groups in total. The molecule has 0 aliphatic carbocycles. The molecule has 0 aliphatic rings. The molecule has 1 heterocycles. The number of amides is 1. The minimum Gasteiger partial charge on any atom is -0.394 e. The van der Waals surface area contributed by atoms with Gasteiger partial charge in [-0.1, -0.05) is 0 Å². The first-order chi connectivity index (χ1) is 8.15. The predicted molar refractivity (Wildman–Crippen MR) is 62.8 cm³/mol. The van der Waals surface area contributed by atoms with Crippen molar-refractivity contribution in [1.29, 1.82) is 0 Å². The van der Waals surface area contributed by atoms with Crippen molar-refractivity contribution in [2.24, 2.45) is 7.05 Å². The molecule has 0 saturated carbocycles. The van der Waals surface area contributed by atoms with Gasteiger partial charge in [-0.25, -0.2) is 0 Å². The van der Waals surface area contributed by atoms with Crippen LogP contribution in [0.4, 0.5) is 0 Å². The van der Waals surface area contributed by atoms with Crippen molar-refractivity contribution < 1.29 is 14.6 Å². The Balaban J connectivity index is 2.23. The third-order valence-corrected chi connectivity index (χ3v) is 2.22. The van der Waals surface area contributed by atoms with Gasteiger partial charge >= 0.3 is 0 Å². The predicted octanol–water partition coefficient (Wildman–Crippen LogP) is -0.143. The van der Waals surface area contributed by atoms with E-state index in [1.165, 1.54) is 0 Å². The zero-order chi connectivity index (χ0) is 12.7. The minimum atomic E-state index is -0.129. The van der Waals surface area contributed by atoms with Gasteiger partial charge in [0.1, 0.15) is 5.69 Å². The second-order valence-electron chi connectivity index (χ2n) is 3.74. The molecule has 17 heavy (non-hydrogen) atoms. The summed E-state index contributed by atoms with van der Waals surface area (Å²) < 4.78 is 6.64. The highest BCUT2D eigenvalue weighted by Crippen LogP contribution is 2.01. The average Bonchev–Trinajstić information content (AvgIpc) is 2.62. The maximum atomic E-state index is 11.7. The highest BCUT2D eigenvalue weighted by Gasteiger charge is 2.10. The molecule has 6 nitrogen and oxygen atoms in total. The summed E-state index contributed by atoms with van der Waals surface area (Å²) in [5.74, 6) is -0.129. The summed E-state index contributed by atoms with van der Waals surface area (Å²) in [7, 11) is 1.74. The third kappa shape index (κ3) is 4.54. The Bertz CT molecular complexity index is 363. The maximum absolute atomic E-state index is 11.7. The number of aliphatic hydroxyl groups is 1. The number of aromatic nitrogens is 2. The number of ether oxygens (including phenoxy) is 1. The molecule has 6 heteroatoms. The smallest absolute Gasteiger partial charge is 0.269 e. The second kappa shape index (κ2) is 7.03. The Morgan fingerprint density at radius 2 is 2.35 bits per heavy atom. The normalized spacial score (nSPS) is 10.5. The molecule has 96 valence electrons. The van der Waals surface area contributed by atoms with Gasteiger partial charge in [0.25, 0.3) is 5.91 Å². The molecule has 0 spiro atoms. The number of rotatable bonds is 7. The van der Waals surface area contributed by atoms with Gasteiger partial charge in [-0.2, -0.15) is 5.10 Å². The molecule has 1 aromatic heterocycles. The molecule has 1 rings (SSSR count). The summed E-state index contributed by atoms with van der Waals surface area (Å²) in [5.41, 5.74) is 1.38. The van der Waals surface area contributed by atoms with E-state index in [0.717, 1.165) is 12.1 Å². The van der Waals surface area contributed by atoms with Crippen molar-refractivity contribution in [3.63, 3.8) is 0 Å². The zero-order valence-corrected chi connectivity index (χ0v) is 10.3. The van der Waals surface area contributed by atoms with Crippen molar-refractivity contribution >= 4 is 5.91 Å². The van der Waals surface area contributed by atoms with Gasteiger partial charge in [-0.15, -0.1) is 0 Å². The Labute approximate surface area is 101 Å². The van der Waals surface area contributed by atoms with Crippen LogP contribution in [0, 0.1) is 6.92 Å². The lowest BCUT2D eigenvalue weighted by Crippen LogP contribution is -2.27. The number of nitrogens with zero attached hydrogens (tertiary/aromatic N) is 2. The second-order valence-corrected chi connectivity index (χ2v) is 3.74. The number of carbonyl (C=O) groups excluding carboxylic acids is 1. The number of carbonyl (C=O) groups is 1.